The Labute approximate surface area is 169 Å². The summed E-state index contributed by atoms with van der Waals surface area (Å²) in [6.07, 6.45) is -0.377. The van der Waals surface area contributed by atoms with Gasteiger partial charge in [-0.25, -0.2) is 9.59 Å². The Bertz CT molecular complexity index is 853. The molecule has 1 fully saturated rings. The number of benzene rings is 1. The van der Waals surface area contributed by atoms with Gasteiger partial charge in [0.2, 0.25) is 0 Å². The van der Waals surface area contributed by atoms with Crippen molar-refractivity contribution in [2.45, 2.75) is 33.2 Å². The lowest BCUT2D eigenvalue weighted by atomic mass is 10.1. The number of nitrogens with one attached hydrogen (secondary N) is 1. The standard InChI is InChI=1S/C20H26N4O5/c1-5-29-19(28)23-10-8-22(9-11-23)18(27)21-13-6-7-14-15(12-13)17(26)24(16(14)25)20(2,3)4/h6-7,12H,5,8-11H2,1-4H3,(H,21,27). The summed E-state index contributed by atoms with van der Waals surface area (Å²) in [6.45, 7) is 9.00. The smallest absolute Gasteiger partial charge is 0.409 e. The Kier molecular flexibility index (Phi) is 5.50. The quantitative estimate of drug-likeness (QED) is 0.766. The average molecular weight is 402 g/mol. The number of piperazine rings is 1. The molecule has 9 nitrogen and oxygen atoms in total. The molecule has 0 aliphatic carbocycles. The van der Waals surface area contributed by atoms with Crippen molar-refractivity contribution in [1.29, 1.82) is 0 Å². The number of imide groups is 1. The topological polar surface area (TPSA) is 99.3 Å². The summed E-state index contributed by atoms with van der Waals surface area (Å²) < 4.78 is 4.97. The molecule has 2 heterocycles. The highest BCUT2D eigenvalue weighted by Gasteiger charge is 2.42. The molecule has 0 saturated carbocycles. The van der Waals surface area contributed by atoms with Crippen molar-refractivity contribution in [3.05, 3.63) is 29.3 Å². The Balaban J connectivity index is 1.65. The number of rotatable bonds is 2. The summed E-state index contributed by atoms with van der Waals surface area (Å²) in [6, 6.07) is 4.39. The lowest BCUT2D eigenvalue weighted by molar-refractivity contribution is 0.0507. The van der Waals surface area contributed by atoms with Gasteiger partial charge in [0, 0.05) is 37.4 Å². The molecule has 0 atom stereocenters. The van der Waals surface area contributed by atoms with Crippen molar-refractivity contribution in [3.8, 4) is 0 Å². The zero-order valence-corrected chi connectivity index (χ0v) is 17.2. The van der Waals surface area contributed by atoms with Crippen molar-refractivity contribution in [3.63, 3.8) is 0 Å². The Morgan fingerprint density at radius 2 is 1.59 bits per heavy atom. The highest BCUT2D eigenvalue weighted by atomic mass is 16.6. The van der Waals surface area contributed by atoms with Crippen LogP contribution in [0, 0.1) is 0 Å². The van der Waals surface area contributed by atoms with E-state index in [2.05, 4.69) is 5.32 Å². The molecule has 5 amide bonds. The number of hydrogen-bond acceptors (Lipinski definition) is 5. The molecule has 0 aromatic heterocycles. The van der Waals surface area contributed by atoms with Crippen LogP contribution in [0.15, 0.2) is 18.2 Å². The number of amides is 5. The SMILES string of the molecule is CCOC(=O)N1CCN(C(=O)Nc2ccc3c(c2)C(=O)N(C(C)(C)C)C3=O)CC1. The van der Waals surface area contributed by atoms with Crippen molar-refractivity contribution in [2.75, 3.05) is 38.1 Å². The van der Waals surface area contributed by atoms with E-state index in [0.29, 0.717) is 44.0 Å². The summed E-state index contributed by atoms with van der Waals surface area (Å²) in [7, 11) is 0. The zero-order valence-electron chi connectivity index (χ0n) is 17.2. The predicted molar refractivity (Wildman–Crippen MR) is 106 cm³/mol. The van der Waals surface area contributed by atoms with Gasteiger partial charge in [0.05, 0.1) is 17.7 Å². The highest BCUT2D eigenvalue weighted by molar-refractivity contribution is 6.22. The molecule has 0 unspecified atom stereocenters. The monoisotopic (exact) mass is 402 g/mol. The van der Waals surface area contributed by atoms with Crippen LogP contribution in [0.4, 0.5) is 15.3 Å². The Morgan fingerprint density at radius 3 is 2.17 bits per heavy atom. The summed E-state index contributed by atoms with van der Waals surface area (Å²) in [4.78, 5) is 53.9. The summed E-state index contributed by atoms with van der Waals surface area (Å²) in [5.74, 6) is -0.692. The van der Waals surface area contributed by atoms with Crippen LogP contribution in [-0.4, -0.2) is 77.0 Å². The lowest BCUT2D eigenvalue weighted by Gasteiger charge is -2.34. The lowest BCUT2D eigenvalue weighted by Crippen LogP contribution is -2.51. The molecule has 29 heavy (non-hydrogen) atoms. The minimum atomic E-state index is -0.630. The molecule has 0 spiro atoms. The molecule has 156 valence electrons. The third-order valence-electron chi connectivity index (χ3n) is 4.90. The molecule has 1 N–H and O–H groups in total. The minimum Gasteiger partial charge on any atom is -0.450 e. The van der Waals surface area contributed by atoms with Gasteiger partial charge in [-0.1, -0.05) is 0 Å². The molecule has 0 radical (unpaired) electrons. The van der Waals surface area contributed by atoms with E-state index in [1.165, 1.54) is 11.0 Å². The number of carbonyl (C=O) groups is 4. The molecule has 2 aliphatic heterocycles. The fraction of sp³-hybridized carbons (Fsp3) is 0.500. The number of anilines is 1. The van der Waals surface area contributed by atoms with Gasteiger partial charge in [-0.15, -0.1) is 0 Å². The van der Waals surface area contributed by atoms with Crippen LogP contribution in [0.25, 0.3) is 0 Å². The number of fused-ring (bicyclic) bond motifs is 1. The van der Waals surface area contributed by atoms with E-state index in [9.17, 15) is 19.2 Å². The second-order valence-electron chi connectivity index (χ2n) is 7.98. The van der Waals surface area contributed by atoms with Crippen LogP contribution in [-0.2, 0) is 4.74 Å². The van der Waals surface area contributed by atoms with Crippen LogP contribution in [0.3, 0.4) is 0 Å². The van der Waals surface area contributed by atoms with Gasteiger partial charge in [0.1, 0.15) is 0 Å². The van der Waals surface area contributed by atoms with E-state index in [4.69, 9.17) is 4.74 Å². The van der Waals surface area contributed by atoms with E-state index in [1.54, 1.807) is 49.6 Å². The van der Waals surface area contributed by atoms with Crippen LogP contribution < -0.4 is 5.32 Å². The van der Waals surface area contributed by atoms with E-state index in [1.807, 2.05) is 0 Å². The summed E-state index contributed by atoms with van der Waals surface area (Å²) in [5, 5.41) is 2.77. The number of hydrogen-bond donors (Lipinski definition) is 1. The first-order chi connectivity index (χ1) is 13.6. The number of urea groups is 1. The molecular weight excluding hydrogens is 376 g/mol. The first kappa shape index (κ1) is 20.6. The molecular formula is C20H26N4O5. The number of nitrogens with zero attached hydrogens (tertiary/aromatic N) is 3. The maximum atomic E-state index is 12.7. The largest absolute Gasteiger partial charge is 0.450 e. The molecule has 2 aliphatic rings. The van der Waals surface area contributed by atoms with E-state index in [-0.39, 0.29) is 29.5 Å². The molecule has 1 aromatic carbocycles. The first-order valence-electron chi connectivity index (χ1n) is 9.64. The van der Waals surface area contributed by atoms with Crippen molar-refractivity contribution in [1.82, 2.24) is 14.7 Å². The molecule has 1 aromatic rings. The molecule has 3 rings (SSSR count). The van der Waals surface area contributed by atoms with Gasteiger partial charge in [-0.3, -0.25) is 14.5 Å². The van der Waals surface area contributed by atoms with E-state index >= 15 is 0 Å². The molecule has 0 bridgehead atoms. The summed E-state index contributed by atoms with van der Waals surface area (Å²) >= 11 is 0. The maximum Gasteiger partial charge on any atom is 0.409 e. The maximum absolute atomic E-state index is 12.7. The second-order valence-corrected chi connectivity index (χ2v) is 7.98. The summed E-state index contributed by atoms with van der Waals surface area (Å²) in [5.41, 5.74) is 0.439. The average Bonchev–Trinajstić information content (AvgIpc) is 2.92. The van der Waals surface area contributed by atoms with E-state index in [0.717, 1.165) is 0 Å². The van der Waals surface area contributed by atoms with Gasteiger partial charge in [-0.2, -0.15) is 0 Å². The van der Waals surface area contributed by atoms with Crippen LogP contribution in [0.2, 0.25) is 0 Å². The fourth-order valence-corrected chi connectivity index (χ4v) is 3.44. The highest BCUT2D eigenvalue weighted by Crippen LogP contribution is 2.31. The third kappa shape index (κ3) is 4.03. The van der Waals surface area contributed by atoms with Crippen molar-refractivity contribution < 1.29 is 23.9 Å². The number of carbonyl (C=O) groups excluding carboxylic acids is 4. The van der Waals surface area contributed by atoms with Gasteiger partial charge >= 0.3 is 12.1 Å². The second kappa shape index (κ2) is 7.73. The fourth-order valence-electron chi connectivity index (χ4n) is 3.44. The minimum absolute atomic E-state index is 0.287. The van der Waals surface area contributed by atoms with Crippen LogP contribution in [0.5, 0.6) is 0 Å². The van der Waals surface area contributed by atoms with Crippen LogP contribution in [0.1, 0.15) is 48.4 Å². The van der Waals surface area contributed by atoms with Crippen LogP contribution >= 0.6 is 0 Å². The number of ether oxygens (including phenoxy) is 1. The normalized spacial score (nSPS) is 16.8. The van der Waals surface area contributed by atoms with E-state index < -0.39 is 5.54 Å². The van der Waals surface area contributed by atoms with Crippen molar-refractivity contribution in [2.24, 2.45) is 0 Å². The first-order valence-corrected chi connectivity index (χ1v) is 9.64. The Morgan fingerprint density at radius 1 is 1.00 bits per heavy atom. The van der Waals surface area contributed by atoms with Crippen molar-refractivity contribution >= 4 is 29.6 Å². The van der Waals surface area contributed by atoms with Gasteiger partial charge < -0.3 is 19.9 Å². The predicted octanol–water partition coefficient (Wildman–Crippen LogP) is 2.39. The Hall–Kier alpha value is -3.10. The third-order valence-corrected chi connectivity index (χ3v) is 4.90. The van der Waals surface area contributed by atoms with Gasteiger partial charge in [0.25, 0.3) is 11.8 Å². The van der Waals surface area contributed by atoms with Gasteiger partial charge in [0.15, 0.2) is 0 Å². The van der Waals surface area contributed by atoms with Gasteiger partial charge in [-0.05, 0) is 45.9 Å². The zero-order chi connectivity index (χ0) is 21.3. The molecule has 9 heteroatoms. The molecule has 1 saturated heterocycles.